The number of β-amino-alcohol motifs (C(OH)–C–C–N with tert-alkyl or cyclic N) is 1. The first-order valence-electron chi connectivity index (χ1n) is 13.0. The number of aliphatic hydroxyl groups excluding tert-OH is 1. The number of carbonyl (C=O) groups excluding carboxylic acids is 1. The number of rotatable bonds is 7. The van der Waals surface area contributed by atoms with Crippen molar-refractivity contribution in [1.29, 1.82) is 0 Å². The van der Waals surface area contributed by atoms with Gasteiger partial charge < -0.3 is 24.4 Å². The summed E-state index contributed by atoms with van der Waals surface area (Å²) in [5.41, 5.74) is -0.201. The van der Waals surface area contributed by atoms with Gasteiger partial charge in [0, 0.05) is 68.7 Å². The van der Waals surface area contributed by atoms with Gasteiger partial charge in [-0.3, -0.25) is 4.79 Å². The van der Waals surface area contributed by atoms with E-state index >= 15 is 0 Å². The van der Waals surface area contributed by atoms with E-state index < -0.39 is 27.6 Å². The number of nitrogens with one attached hydrogen (secondary N) is 1. The zero-order valence-electron chi connectivity index (χ0n) is 21.4. The molecule has 3 aliphatic heterocycles. The fourth-order valence-electron chi connectivity index (χ4n) is 5.53. The summed E-state index contributed by atoms with van der Waals surface area (Å²) in [5.74, 6) is 0.184. The Morgan fingerprint density at radius 2 is 1.87 bits per heavy atom. The maximum absolute atomic E-state index is 13.2. The molecule has 0 radical (unpaired) electrons. The molecule has 6 rings (SSSR count). The largest absolute Gasteiger partial charge is 0.475 e. The van der Waals surface area contributed by atoms with Gasteiger partial charge in [-0.15, -0.1) is 0 Å². The maximum atomic E-state index is 13.2. The molecule has 1 amide bonds. The second-order valence-corrected chi connectivity index (χ2v) is 12.9. The van der Waals surface area contributed by atoms with E-state index in [1.54, 1.807) is 24.3 Å². The number of anilines is 2. The molecule has 4 aliphatic rings. The molecule has 2 N–H and O–H groups in total. The third-order valence-electron chi connectivity index (χ3n) is 7.99. The standard InChI is InChI=1S/C26H31ClN4O6S.H2S/c27-18-4-5-20(31-16-25(17-31)9-12-36-13-10-25)21(14-18)37-26(7-8-26)24(33)29-38(34,35)23-3-1-2-22(28-23)30-11-6-19(32)15-30;/h1-5,14,19,32H,6-13,15-17H2,(H,29,33);1H2/t19-;/m0./s1. The van der Waals surface area contributed by atoms with Gasteiger partial charge in [0.25, 0.3) is 15.9 Å². The summed E-state index contributed by atoms with van der Waals surface area (Å²) in [6.45, 7) is 4.25. The summed E-state index contributed by atoms with van der Waals surface area (Å²) in [4.78, 5) is 21.5. The summed E-state index contributed by atoms with van der Waals surface area (Å²) in [6, 6.07) is 9.97. The lowest BCUT2D eigenvalue weighted by Crippen LogP contribution is -2.58. The van der Waals surface area contributed by atoms with Crippen LogP contribution in [0.1, 0.15) is 32.1 Å². The molecule has 39 heavy (non-hydrogen) atoms. The van der Waals surface area contributed by atoms with Crippen molar-refractivity contribution in [2.45, 2.75) is 48.8 Å². The highest BCUT2D eigenvalue weighted by molar-refractivity contribution is 7.90. The number of benzene rings is 1. The smallest absolute Gasteiger partial charge is 0.281 e. The van der Waals surface area contributed by atoms with Crippen LogP contribution >= 0.6 is 25.1 Å². The van der Waals surface area contributed by atoms with Crippen LogP contribution in [0.5, 0.6) is 5.75 Å². The van der Waals surface area contributed by atoms with Crippen LogP contribution in [0.25, 0.3) is 0 Å². The van der Waals surface area contributed by atoms with Crippen molar-refractivity contribution in [1.82, 2.24) is 9.71 Å². The van der Waals surface area contributed by atoms with Gasteiger partial charge in [-0.05, 0) is 43.5 Å². The molecule has 1 aromatic carbocycles. The van der Waals surface area contributed by atoms with Crippen LogP contribution in [0, 0.1) is 5.41 Å². The molecule has 10 nitrogen and oxygen atoms in total. The number of aromatic nitrogens is 1. The number of hydrogen-bond donors (Lipinski definition) is 2. The lowest BCUT2D eigenvalue weighted by Gasteiger charge is -2.53. The zero-order chi connectivity index (χ0) is 26.5. The quantitative estimate of drug-likeness (QED) is 0.496. The fraction of sp³-hybridized carbons (Fsp3) is 0.538. The lowest BCUT2D eigenvalue weighted by atomic mass is 9.73. The third kappa shape index (κ3) is 5.67. The number of carbonyl (C=O) groups is 1. The number of hydrogen-bond acceptors (Lipinski definition) is 9. The monoisotopic (exact) mass is 596 g/mol. The van der Waals surface area contributed by atoms with Crippen LogP contribution in [-0.4, -0.2) is 75.5 Å². The molecule has 0 unspecified atom stereocenters. The number of aliphatic hydroxyl groups is 1. The Morgan fingerprint density at radius 1 is 1.13 bits per heavy atom. The minimum atomic E-state index is -4.24. The summed E-state index contributed by atoms with van der Waals surface area (Å²) < 4.78 is 40.1. The highest BCUT2D eigenvalue weighted by Gasteiger charge is 2.55. The number of amides is 1. The van der Waals surface area contributed by atoms with Gasteiger partial charge in [-0.1, -0.05) is 17.7 Å². The number of ether oxygens (including phenoxy) is 2. The number of nitrogens with zero attached hydrogens (tertiary/aromatic N) is 3. The average molecular weight is 597 g/mol. The minimum absolute atomic E-state index is 0. The SMILES string of the molecule is O=C(NS(=O)(=O)c1cccc(N2CC[C@H](O)C2)n1)C1(Oc2cc(Cl)ccc2N2CC3(CCOCC3)C2)CC1.S. The van der Waals surface area contributed by atoms with Crippen molar-refractivity contribution >= 4 is 52.5 Å². The van der Waals surface area contributed by atoms with E-state index in [4.69, 9.17) is 21.1 Å². The Bertz CT molecular complexity index is 1340. The first-order valence-corrected chi connectivity index (χ1v) is 14.8. The molecular weight excluding hydrogens is 564 g/mol. The van der Waals surface area contributed by atoms with Crippen LogP contribution in [-0.2, 0) is 19.6 Å². The molecule has 1 saturated carbocycles. The fourth-order valence-corrected chi connectivity index (χ4v) is 6.70. The van der Waals surface area contributed by atoms with E-state index in [9.17, 15) is 18.3 Å². The Hall–Kier alpha value is -2.25. The predicted octanol–water partition coefficient (Wildman–Crippen LogP) is 2.45. The molecule has 1 spiro atoms. The van der Waals surface area contributed by atoms with Crippen LogP contribution in [0.3, 0.4) is 0 Å². The normalized spacial score (nSPS) is 23.1. The van der Waals surface area contributed by atoms with E-state index in [2.05, 4.69) is 14.6 Å². The van der Waals surface area contributed by atoms with Crippen LogP contribution in [0.2, 0.25) is 5.02 Å². The summed E-state index contributed by atoms with van der Waals surface area (Å²) in [5, 5.41) is 10.0. The van der Waals surface area contributed by atoms with Gasteiger partial charge in [-0.2, -0.15) is 21.9 Å². The van der Waals surface area contributed by atoms with Crippen molar-refractivity contribution in [2.75, 3.05) is 49.2 Å². The first-order chi connectivity index (χ1) is 18.2. The molecular formula is C26H33ClN4O6S2. The third-order valence-corrected chi connectivity index (χ3v) is 9.46. The van der Waals surface area contributed by atoms with Crippen LogP contribution in [0.4, 0.5) is 11.5 Å². The Kier molecular flexibility index (Phi) is 7.70. The van der Waals surface area contributed by atoms with Gasteiger partial charge >= 0.3 is 0 Å². The number of pyridine rings is 1. The number of sulfonamides is 1. The molecule has 2 aromatic rings. The topological polar surface area (TPSA) is 121 Å². The van der Waals surface area contributed by atoms with E-state index in [1.165, 1.54) is 6.07 Å². The van der Waals surface area contributed by atoms with Crippen molar-refractivity contribution in [3.8, 4) is 5.75 Å². The van der Waals surface area contributed by atoms with Crippen molar-refractivity contribution < 1.29 is 27.8 Å². The van der Waals surface area contributed by atoms with E-state index in [-0.39, 0.29) is 23.9 Å². The summed E-state index contributed by atoms with van der Waals surface area (Å²) in [7, 11) is -4.24. The zero-order valence-corrected chi connectivity index (χ0v) is 24.0. The van der Waals surface area contributed by atoms with E-state index in [1.807, 2.05) is 11.0 Å². The maximum Gasteiger partial charge on any atom is 0.281 e. The summed E-state index contributed by atoms with van der Waals surface area (Å²) >= 11 is 6.28. The minimum Gasteiger partial charge on any atom is -0.475 e. The Morgan fingerprint density at radius 3 is 2.54 bits per heavy atom. The van der Waals surface area contributed by atoms with Gasteiger partial charge in [0.05, 0.1) is 11.8 Å². The van der Waals surface area contributed by atoms with E-state index in [0.717, 1.165) is 44.8 Å². The Labute approximate surface area is 240 Å². The first kappa shape index (κ1) is 28.3. The van der Waals surface area contributed by atoms with E-state index in [0.29, 0.717) is 48.9 Å². The average Bonchev–Trinajstić information content (AvgIpc) is 3.54. The molecule has 0 bridgehead atoms. The molecule has 4 heterocycles. The van der Waals surface area contributed by atoms with Gasteiger partial charge in [0.1, 0.15) is 11.6 Å². The van der Waals surface area contributed by atoms with Crippen molar-refractivity contribution in [3.05, 3.63) is 41.4 Å². The summed E-state index contributed by atoms with van der Waals surface area (Å²) in [6.07, 6.45) is 2.93. The molecule has 3 saturated heterocycles. The predicted molar refractivity (Wildman–Crippen MR) is 152 cm³/mol. The molecule has 1 aromatic heterocycles. The van der Waals surface area contributed by atoms with Crippen LogP contribution in [0.15, 0.2) is 41.4 Å². The van der Waals surface area contributed by atoms with Crippen LogP contribution < -0.4 is 19.3 Å². The molecule has 4 fully saturated rings. The Balaban J connectivity index is 0.00000308. The van der Waals surface area contributed by atoms with Gasteiger partial charge in [0.15, 0.2) is 10.6 Å². The molecule has 212 valence electrons. The second-order valence-electron chi connectivity index (χ2n) is 10.8. The highest BCUT2D eigenvalue weighted by Crippen LogP contribution is 2.48. The van der Waals surface area contributed by atoms with Gasteiger partial charge in [-0.25, -0.2) is 9.71 Å². The number of halogens is 1. The lowest BCUT2D eigenvalue weighted by molar-refractivity contribution is -0.127. The molecule has 1 aliphatic carbocycles. The molecule has 1 atom stereocenters. The molecule has 13 heteroatoms. The van der Waals surface area contributed by atoms with Gasteiger partial charge in [0.2, 0.25) is 0 Å². The second kappa shape index (κ2) is 10.6. The highest BCUT2D eigenvalue weighted by atomic mass is 35.5. The van der Waals surface area contributed by atoms with Crippen molar-refractivity contribution in [3.63, 3.8) is 0 Å². The van der Waals surface area contributed by atoms with Crippen molar-refractivity contribution in [2.24, 2.45) is 5.41 Å².